The SMILES string of the molecule is Cc1cnc(N2CC(C)CC(N)C2)nc1. The van der Waals surface area contributed by atoms with E-state index in [0.717, 1.165) is 31.0 Å². The molecule has 1 aliphatic heterocycles. The molecule has 4 heteroatoms. The summed E-state index contributed by atoms with van der Waals surface area (Å²) < 4.78 is 0. The van der Waals surface area contributed by atoms with Gasteiger partial charge in [-0.3, -0.25) is 0 Å². The number of nitrogens with zero attached hydrogens (tertiary/aromatic N) is 3. The molecular weight excluding hydrogens is 188 g/mol. The van der Waals surface area contributed by atoms with Crippen molar-refractivity contribution in [2.45, 2.75) is 26.3 Å². The minimum absolute atomic E-state index is 0.249. The van der Waals surface area contributed by atoms with Crippen molar-refractivity contribution in [3.63, 3.8) is 0 Å². The van der Waals surface area contributed by atoms with Gasteiger partial charge in [0.05, 0.1) is 0 Å². The molecule has 15 heavy (non-hydrogen) atoms. The fourth-order valence-electron chi connectivity index (χ4n) is 2.11. The van der Waals surface area contributed by atoms with E-state index in [2.05, 4.69) is 21.8 Å². The molecule has 1 aliphatic rings. The van der Waals surface area contributed by atoms with Gasteiger partial charge in [0, 0.05) is 31.5 Å². The second-order valence-electron chi connectivity index (χ2n) is 4.57. The molecule has 1 saturated heterocycles. The second kappa shape index (κ2) is 4.14. The van der Waals surface area contributed by atoms with Crippen molar-refractivity contribution in [3.8, 4) is 0 Å². The molecule has 0 spiro atoms. The van der Waals surface area contributed by atoms with Crippen molar-refractivity contribution in [2.75, 3.05) is 18.0 Å². The Labute approximate surface area is 90.5 Å². The van der Waals surface area contributed by atoms with E-state index < -0.39 is 0 Å². The van der Waals surface area contributed by atoms with Crippen LogP contribution in [0.4, 0.5) is 5.95 Å². The van der Waals surface area contributed by atoms with Gasteiger partial charge < -0.3 is 10.6 Å². The Balaban J connectivity index is 2.12. The van der Waals surface area contributed by atoms with Crippen LogP contribution in [0.15, 0.2) is 12.4 Å². The highest BCUT2D eigenvalue weighted by Crippen LogP contribution is 2.18. The maximum atomic E-state index is 5.99. The summed E-state index contributed by atoms with van der Waals surface area (Å²) in [6.07, 6.45) is 4.81. The van der Waals surface area contributed by atoms with Crippen LogP contribution < -0.4 is 10.6 Å². The summed E-state index contributed by atoms with van der Waals surface area (Å²) in [4.78, 5) is 10.8. The monoisotopic (exact) mass is 206 g/mol. The van der Waals surface area contributed by atoms with E-state index in [0.29, 0.717) is 5.92 Å². The van der Waals surface area contributed by atoms with Crippen LogP contribution in [0, 0.1) is 12.8 Å². The summed E-state index contributed by atoms with van der Waals surface area (Å²) in [5.41, 5.74) is 7.08. The highest BCUT2D eigenvalue weighted by atomic mass is 15.3. The molecule has 4 nitrogen and oxygen atoms in total. The molecular formula is C11H18N4. The number of hydrogen-bond acceptors (Lipinski definition) is 4. The Kier molecular flexibility index (Phi) is 2.86. The second-order valence-corrected chi connectivity index (χ2v) is 4.57. The molecule has 0 radical (unpaired) electrons. The molecule has 2 atom stereocenters. The van der Waals surface area contributed by atoms with Crippen LogP contribution in [0.5, 0.6) is 0 Å². The number of rotatable bonds is 1. The highest BCUT2D eigenvalue weighted by molar-refractivity contribution is 5.31. The standard InChI is InChI=1S/C11H18N4/c1-8-3-10(12)7-15(6-8)11-13-4-9(2)5-14-11/h4-5,8,10H,3,6-7,12H2,1-2H3. The molecule has 2 rings (SSSR count). The first-order valence-corrected chi connectivity index (χ1v) is 5.44. The normalized spacial score (nSPS) is 26.7. The average molecular weight is 206 g/mol. The lowest BCUT2D eigenvalue weighted by atomic mass is 9.97. The van der Waals surface area contributed by atoms with E-state index >= 15 is 0 Å². The third-order valence-corrected chi connectivity index (χ3v) is 2.74. The van der Waals surface area contributed by atoms with Gasteiger partial charge in [-0.1, -0.05) is 6.92 Å². The smallest absolute Gasteiger partial charge is 0.225 e. The predicted molar refractivity (Wildman–Crippen MR) is 60.7 cm³/mol. The maximum absolute atomic E-state index is 5.99. The molecule has 2 unspecified atom stereocenters. The third-order valence-electron chi connectivity index (χ3n) is 2.74. The summed E-state index contributed by atoms with van der Waals surface area (Å²) in [6.45, 7) is 6.10. The first-order valence-electron chi connectivity index (χ1n) is 5.44. The average Bonchev–Trinajstić information content (AvgIpc) is 2.17. The lowest BCUT2D eigenvalue weighted by Gasteiger charge is -2.34. The van der Waals surface area contributed by atoms with Crippen LogP contribution in [0.1, 0.15) is 18.9 Å². The zero-order valence-electron chi connectivity index (χ0n) is 9.35. The summed E-state index contributed by atoms with van der Waals surface area (Å²) in [6, 6.07) is 0.249. The van der Waals surface area contributed by atoms with Crippen LogP contribution in [0.3, 0.4) is 0 Å². The Hall–Kier alpha value is -1.16. The minimum Gasteiger partial charge on any atom is -0.339 e. The van der Waals surface area contributed by atoms with Crippen molar-refractivity contribution in [1.29, 1.82) is 0 Å². The van der Waals surface area contributed by atoms with Crippen LogP contribution in [-0.2, 0) is 0 Å². The van der Waals surface area contributed by atoms with Gasteiger partial charge in [0.15, 0.2) is 0 Å². The van der Waals surface area contributed by atoms with E-state index in [1.807, 2.05) is 19.3 Å². The lowest BCUT2D eigenvalue weighted by Crippen LogP contribution is -2.47. The van der Waals surface area contributed by atoms with Crippen LogP contribution in [0.2, 0.25) is 0 Å². The van der Waals surface area contributed by atoms with Gasteiger partial charge in [0.2, 0.25) is 5.95 Å². The number of aryl methyl sites for hydroxylation is 1. The molecule has 1 fully saturated rings. The third kappa shape index (κ3) is 2.45. The molecule has 1 aromatic heterocycles. The largest absolute Gasteiger partial charge is 0.339 e. The molecule has 0 aromatic carbocycles. The molecule has 1 aromatic rings. The minimum atomic E-state index is 0.249. The molecule has 0 saturated carbocycles. The highest BCUT2D eigenvalue weighted by Gasteiger charge is 2.23. The molecule has 0 amide bonds. The van der Waals surface area contributed by atoms with Crippen molar-refractivity contribution in [3.05, 3.63) is 18.0 Å². The number of nitrogens with two attached hydrogens (primary N) is 1. The van der Waals surface area contributed by atoms with Gasteiger partial charge in [-0.25, -0.2) is 9.97 Å². The summed E-state index contributed by atoms with van der Waals surface area (Å²) >= 11 is 0. The van der Waals surface area contributed by atoms with Gasteiger partial charge in [0.25, 0.3) is 0 Å². The van der Waals surface area contributed by atoms with Gasteiger partial charge in [-0.05, 0) is 24.8 Å². The van der Waals surface area contributed by atoms with Crippen LogP contribution in [-0.4, -0.2) is 29.1 Å². The Bertz CT molecular complexity index is 312. The number of aromatic nitrogens is 2. The first-order chi connectivity index (χ1) is 7.15. The summed E-state index contributed by atoms with van der Waals surface area (Å²) in [5.74, 6) is 1.43. The van der Waals surface area contributed by atoms with E-state index in [4.69, 9.17) is 5.73 Å². The molecule has 2 heterocycles. The predicted octanol–water partition coefficient (Wildman–Crippen LogP) is 0.959. The number of piperidine rings is 1. The van der Waals surface area contributed by atoms with Crippen molar-refractivity contribution < 1.29 is 0 Å². The Morgan fingerprint density at radius 2 is 2.00 bits per heavy atom. The Morgan fingerprint density at radius 3 is 2.60 bits per heavy atom. The maximum Gasteiger partial charge on any atom is 0.225 e. The van der Waals surface area contributed by atoms with Gasteiger partial charge in [-0.2, -0.15) is 0 Å². The summed E-state index contributed by atoms with van der Waals surface area (Å²) in [7, 11) is 0. The van der Waals surface area contributed by atoms with E-state index in [-0.39, 0.29) is 6.04 Å². The number of anilines is 1. The molecule has 2 N–H and O–H groups in total. The Morgan fingerprint density at radius 1 is 1.33 bits per heavy atom. The van der Waals surface area contributed by atoms with E-state index in [9.17, 15) is 0 Å². The first kappa shape index (κ1) is 10.4. The van der Waals surface area contributed by atoms with Gasteiger partial charge in [-0.15, -0.1) is 0 Å². The van der Waals surface area contributed by atoms with Crippen molar-refractivity contribution in [2.24, 2.45) is 11.7 Å². The zero-order valence-corrected chi connectivity index (χ0v) is 9.35. The molecule has 0 bridgehead atoms. The fourth-order valence-corrected chi connectivity index (χ4v) is 2.11. The molecule has 0 aliphatic carbocycles. The summed E-state index contributed by atoms with van der Waals surface area (Å²) in [5, 5.41) is 0. The fraction of sp³-hybridized carbons (Fsp3) is 0.636. The van der Waals surface area contributed by atoms with Crippen LogP contribution in [0.25, 0.3) is 0 Å². The van der Waals surface area contributed by atoms with E-state index in [1.54, 1.807) is 0 Å². The lowest BCUT2D eigenvalue weighted by molar-refractivity contribution is 0.398. The zero-order chi connectivity index (χ0) is 10.8. The van der Waals surface area contributed by atoms with Gasteiger partial charge >= 0.3 is 0 Å². The topological polar surface area (TPSA) is 55.0 Å². The number of hydrogen-bond donors (Lipinski definition) is 1. The van der Waals surface area contributed by atoms with Gasteiger partial charge in [0.1, 0.15) is 0 Å². The molecule has 82 valence electrons. The van der Waals surface area contributed by atoms with Crippen molar-refractivity contribution in [1.82, 2.24) is 9.97 Å². The van der Waals surface area contributed by atoms with E-state index in [1.165, 1.54) is 0 Å². The van der Waals surface area contributed by atoms with Crippen LogP contribution >= 0.6 is 0 Å². The quantitative estimate of drug-likeness (QED) is 0.743. The van der Waals surface area contributed by atoms with Crippen molar-refractivity contribution >= 4 is 5.95 Å².